The van der Waals surface area contributed by atoms with Crippen molar-refractivity contribution in [1.29, 1.82) is 0 Å². The molecule has 78 valence electrons. The topological polar surface area (TPSA) is 20.2 Å². The van der Waals surface area contributed by atoms with E-state index in [-0.39, 0.29) is 12.0 Å². The van der Waals surface area contributed by atoms with Gasteiger partial charge in [-0.3, -0.25) is 0 Å². The van der Waals surface area contributed by atoms with E-state index in [4.69, 9.17) is 16.7 Å². The first-order valence-corrected chi connectivity index (χ1v) is 5.62. The summed E-state index contributed by atoms with van der Waals surface area (Å²) in [6.07, 6.45) is 0. The Morgan fingerprint density at radius 3 is 2.36 bits per heavy atom. The van der Waals surface area contributed by atoms with Crippen LogP contribution in [0.15, 0.2) is 16.6 Å². The highest BCUT2D eigenvalue weighted by atomic mass is 79.9. The van der Waals surface area contributed by atoms with Crippen LogP contribution < -0.4 is 0 Å². The maximum absolute atomic E-state index is 9.13. The zero-order valence-electron chi connectivity index (χ0n) is 8.56. The monoisotopic (exact) mass is 276 g/mol. The lowest BCUT2D eigenvalue weighted by molar-refractivity contribution is 0.281. The van der Waals surface area contributed by atoms with E-state index >= 15 is 0 Å². The fourth-order valence-corrected chi connectivity index (χ4v) is 1.86. The summed E-state index contributed by atoms with van der Waals surface area (Å²) in [4.78, 5) is 0. The van der Waals surface area contributed by atoms with Gasteiger partial charge in [0.15, 0.2) is 0 Å². The first-order valence-electron chi connectivity index (χ1n) is 4.45. The Bertz CT molecular complexity index is 342. The van der Waals surface area contributed by atoms with Crippen molar-refractivity contribution in [2.75, 3.05) is 0 Å². The number of hydrogen-bond acceptors (Lipinski definition) is 1. The van der Waals surface area contributed by atoms with Crippen LogP contribution in [-0.4, -0.2) is 5.11 Å². The van der Waals surface area contributed by atoms with Crippen LogP contribution in [0.5, 0.6) is 0 Å². The molecule has 0 amide bonds. The molecule has 0 unspecified atom stereocenters. The van der Waals surface area contributed by atoms with E-state index in [1.54, 1.807) is 0 Å². The second kappa shape index (κ2) is 4.21. The van der Waals surface area contributed by atoms with Crippen molar-refractivity contribution < 1.29 is 5.11 Å². The summed E-state index contributed by atoms with van der Waals surface area (Å²) >= 11 is 9.40. The fraction of sp³-hybridized carbons (Fsp3) is 0.455. The molecule has 0 aliphatic heterocycles. The molecule has 1 nitrogen and oxygen atoms in total. The molecule has 3 heteroatoms. The SMILES string of the molecule is CC(C)(C)c1cc(Br)c(Cl)c(CO)c1. The van der Waals surface area contributed by atoms with Crippen LogP contribution in [-0.2, 0) is 12.0 Å². The fourth-order valence-electron chi connectivity index (χ4n) is 1.19. The maximum atomic E-state index is 9.13. The van der Waals surface area contributed by atoms with Crippen molar-refractivity contribution >= 4 is 27.5 Å². The van der Waals surface area contributed by atoms with E-state index in [1.807, 2.05) is 12.1 Å². The van der Waals surface area contributed by atoms with Crippen molar-refractivity contribution in [3.63, 3.8) is 0 Å². The second-order valence-corrected chi connectivity index (χ2v) is 5.57. The predicted octanol–water partition coefficient (Wildman–Crippen LogP) is 3.89. The second-order valence-electron chi connectivity index (χ2n) is 4.34. The van der Waals surface area contributed by atoms with Crippen molar-refractivity contribution in [2.45, 2.75) is 32.8 Å². The highest BCUT2D eigenvalue weighted by molar-refractivity contribution is 9.10. The smallest absolute Gasteiger partial charge is 0.0696 e. The van der Waals surface area contributed by atoms with Crippen molar-refractivity contribution in [3.05, 3.63) is 32.8 Å². The van der Waals surface area contributed by atoms with Gasteiger partial charge in [-0.05, 0) is 38.5 Å². The van der Waals surface area contributed by atoms with Crippen molar-refractivity contribution in [1.82, 2.24) is 0 Å². The van der Waals surface area contributed by atoms with Gasteiger partial charge in [0.1, 0.15) is 0 Å². The zero-order chi connectivity index (χ0) is 10.9. The molecular formula is C11H14BrClO. The largest absolute Gasteiger partial charge is 0.392 e. The third-order valence-corrected chi connectivity index (χ3v) is 3.44. The van der Waals surface area contributed by atoms with Gasteiger partial charge in [-0.1, -0.05) is 38.4 Å². The third-order valence-electron chi connectivity index (χ3n) is 2.14. The number of halogens is 2. The average molecular weight is 278 g/mol. The molecule has 0 aliphatic rings. The maximum Gasteiger partial charge on any atom is 0.0696 e. The minimum absolute atomic E-state index is 0.0264. The van der Waals surface area contributed by atoms with Crippen LogP contribution in [0.3, 0.4) is 0 Å². The lowest BCUT2D eigenvalue weighted by atomic mass is 9.86. The first kappa shape index (κ1) is 12.0. The summed E-state index contributed by atoms with van der Waals surface area (Å²) in [6, 6.07) is 3.95. The summed E-state index contributed by atoms with van der Waals surface area (Å²) in [5, 5.41) is 9.73. The summed E-state index contributed by atoms with van der Waals surface area (Å²) in [5.74, 6) is 0. The Kier molecular flexibility index (Phi) is 3.62. The molecule has 1 aromatic carbocycles. The van der Waals surface area contributed by atoms with E-state index in [9.17, 15) is 0 Å². The van der Waals surface area contributed by atoms with Gasteiger partial charge in [-0.15, -0.1) is 0 Å². The minimum atomic E-state index is -0.0264. The molecule has 1 aromatic rings. The number of hydrogen-bond donors (Lipinski definition) is 1. The Hall–Kier alpha value is -0.0500. The molecule has 0 fully saturated rings. The van der Waals surface area contributed by atoms with Gasteiger partial charge in [0.25, 0.3) is 0 Å². The predicted molar refractivity (Wildman–Crippen MR) is 63.8 cm³/mol. The Balaban J connectivity index is 3.30. The molecule has 0 atom stereocenters. The van der Waals surface area contributed by atoms with Gasteiger partial charge >= 0.3 is 0 Å². The molecular weight excluding hydrogens is 263 g/mol. The molecule has 1 rings (SSSR count). The van der Waals surface area contributed by atoms with Gasteiger partial charge in [-0.2, -0.15) is 0 Å². The number of aliphatic hydroxyl groups excluding tert-OH is 1. The summed E-state index contributed by atoms with van der Waals surface area (Å²) in [6.45, 7) is 6.36. The molecule has 0 bridgehead atoms. The number of benzene rings is 1. The van der Waals surface area contributed by atoms with Crippen LogP contribution >= 0.6 is 27.5 Å². The Morgan fingerprint density at radius 1 is 1.36 bits per heavy atom. The number of rotatable bonds is 1. The van der Waals surface area contributed by atoms with Gasteiger partial charge < -0.3 is 5.11 Å². The summed E-state index contributed by atoms with van der Waals surface area (Å²) < 4.78 is 0.843. The molecule has 14 heavy (non-hydrogen) atoms. The minimum Gasteiger partial charge on any atom is -0.392 e. The van der Waals surface area contributed by atoms with E-state index < -0.39 is 0 Å². The highest BCUT2D eigenvalue weighted by Gasteiger charge is 2.16. The normalized spacial score (nSPS) is 11.9. The first-order chi connectivity index (χ1) is 6.36. The van der Waals surface area contributed by atoms with Crippen LogP contribution in [0.25, 0.3) is 0 Å². The molecule has 0 saturated carbocycles. The lowest BCUT2D eigenvalue weighted by Crippen LogP contribution is -2.11. The van der Waals surface area contributed by atoms with Crippen LogP contribution in [0, 0.1) is 0 Å². The van der Waals surface area contributed by atoms with Crippen molar-refractivity contribution in [2.24, 2.45) is 0 Å². The van der Waals surface area contributed by atoms with E-state index in [1.165, 1.54) is 0 Å². The van der Waals surface area contributed by atoms with E-state index in [0.717, 1.165) is 15.6 Å². The van der Waals surface area contributed by atoms with Crippen LogP contribution in [0.2, 0.25) is 5.02 Å². The van der Waals surface area contributed by atoms with Gasteiger partial charge in [-0.25, -0.2) is 0 Å². The quantitative estimate of drug-likeness (QED) is 0.825. The van der Waals surface area contributed by atoms with E-state index in [0.29, 0.717) is 5.02 Å². The molecule has 0 spiro atoms. The molecule has 1 N–H and O–H groups in total. The molecule has 0 aromatic heterocycles. The standard InChI is InChI=1S/C11H14BrClO/c1-11(2,3)8-4-7(6-14)10(13)9(12)5-8/h4-5,14H,6H2,1-3H3. The lowest BCUT2D eigenvalue weighted by Gasteiger charge is -2.20. The summed E-state index contributed by atoms with van der Waals surface area (Å²) in [7, 11) is 0. The van der Waals surface area contributed by atoms with Crippen LogP contribution in [0.1, 0.15) is 31.9 Å². The van der Waals surface area contributed by atoms with E-state index in [2.05, 4.69) is 36.7 Å². The Labute approximate surface area is 98.2 Å². The summed E-state index contributed by atoms with van der Waals surface area (Å²) in [5.41, 5.74) is 2.00. The third kappa shape index (κ3) is 2.50. The van der Waals surface area contributed by atoms with Crippen LogP contribution in [0.4, 0.5) is 0 Å². The zero-order valence-corrected chi connectivity index (χ0v) is 10.9. The molecule has 0 aliphatic carbocycles. The highest BCUT2D eigenvalue weighted by Crippen LogP contribution is 2.33. The van der Waals surface area contributed by atoms with Crippen molar-refractivity contribution in [3.8, 4) is 0 Å². The average Bonchev–Trinajstić information content (AvgIpc) is 2.07. The molecule has 0 heterocycles. The van der Waals surface area contributed by atoms with Gasteiger partial charge in [0.05, 0.1) is 11.6 Å². The molecule has 0 radical (unpaired) electrons. The van der Waals surface area contributed by atoms with Gasteiger partial charge in [0.2, 0.25) is 0 Å². The molecule has 0 saturated heterocycles. The Morgan fingerprint density at radius 2 is 1.93 bits per heavy atom. The number of aliphatic hydroxyl groups is 1. The van der Waals surface area contributed by atoms with Gasteiger partial charge in [0, 0.05) is 4.47 Å².